The minimum Gasteiger partial charge on any atom is -0.493 e. The van der Waals surface area contributed by atoms with Crippen LogP contribution in [0.2, 0.25) is 0 Å². The van der Waals surface area contributed by atoms with Crippen LogP contribution in [-0.4, -0.2) is 71.4 Å². The number of likely N-dealkylation sites (tertiary alicyclic amines) is 1. The fourth-order valence-corrected chi connectivity index (χ4v) is 4.77. The molecule has 8 nitrogen and oxygen atoms in total. The monoisotopic (exact) mass is 492 g/mol. The zero-order chi connectivity index (χ0) is 25.8. The van der Waals surface area contributed by atoms with Crippen LogP contribution in [0.3, 0.4) is 0 Å². The number of ether oxygens (including phenoxy) is 4. The summed E-state index contributed by atoms with van der Waals surface area (Å²) in [5.74, 6) is 1.27. The van der Waals surface area contributed by atoms with Crippen LogP contribution in [-0.2, 0) is 20.7 Å². The molecule has 8 heteroatoms. The molecule has 0 aromatic heterocycles. The number of methoxy groups -OCH3 is 4. The first-order valence-electron chi connectivity index (χ1n) is 11.8. The van der Waals surface area contributed by atoms with Crippen LogP contribution in [0.25, 0.3) is 21.9 Å². The first-order valence-corrected chi connectivity index (χ1v) is 11.8. The van der Waals surface area contributed by atoms with Gasteiger partial charge in [0.2, 0.25) is 17.6 Å². The topological polar surface area (TPSA) is 86.3 Å². The SMILES string of the molecule is CNC(=O)C1CN(C(=O)Cc2ccc3cc(-c4cc(OC)c(OC)c(OC)c4)ccc3c2)CC1OC. The van der Waals surface area contributed by atoms with Crippen molar-refractivity contribution in [2.75, 3.05) is 48.6 Å². The molecular formula is C28H32N2O6. The molecule has 1 N–H and O–H groups in total. The van der Waals surface area contributed by atoms with E-state index in [0.29, 0.717) is 30.3 Å². The lowest BCUT2D eigenvalue weighted by molar-refractivity contribution is -0.130. The normalized spacial score (nSPS) is 17.2. The van der Waals surface area contributed by atoms with E-state index in [2.05, 4.69) is 11.4 Å². The van der Waals surface area contributed by atoms with Crippen LogP contribution >= 0.6 is 0 Å². The van der Waals surface area contributed by atoms with Gasteiger partial charge in [-0.05, 0) is 45.7 Å². The molecule has 3 aromatic carbocycles. The van der Waals surface area contributed by atoms with Crippen molar-refractivity contribution in [1.82, 2.24) is 10.2 Å². The first kappa shape index (κ1) is 25.3. The van der Waals surface area contributed by atoms with E-state index in [9.17, 15) is 9.59 Å². The highest BCUT2D eigenvalue weighted by atomic mass is 16.5. The molecule has 36 heavy (non-hydrogen) atoms. The number of fused-ring (bicyclic) bond motifs is 1. The summed E-state index contributed by atoms with van der Waals surface area (Å²) in [7, 11) is 7.95. The lowest BCUT2D eigenvalue weighted by atomic mass is 9.98. The molecule has 1 heterocycles. The van der Waals surface area contributed by atoms with Gasteiger partial charge in [0, 0.05) is 27.2 Å². The van der Waals surface area contributed by atoms with Gasteiger partial charge in [-0.1, -0.05) is 30.3 Å². The summed E-state index contributed by atoms with van der Waals surface area (Å²) in [6.07, 6.45) is -0.0271. The third-order valence-electron chi connectivity index (χ3n) is 6.76. The molecule has 2 atom stereocenters. The number of carbonyl (C=O) groups is 2. The number of carbonyl (C=O) groups excluding carboxylic acids is 2. The van der Waals surface area contributed by atoms with Crippen molar-refractivity contribution in [1.29, 1.82) is 0 Å². The van der Waals surface area contributed by atoms with Gasteiger partial charge in [0.15, 0.2) is 11.5 Å². The molecule has 1 saturated heterocycles. The number of benzene rings is 3. The van der Waals surface area contributed by atoms with E-state index in [4.69, 9.17) is 18.9 Å². The van der Waals surface area contributed by atoms with Crippen molar-refractivity contribution < 1.29 is 28.5 Å². The molecule has 1 aliphatic heterocycles. The van der Waals surface area contributed by atoms with E-state index in [-0.39, 0.29) is 30.3 Å². The summed E-state index contributed by atoms with van der Waals surface area (Å²) < 4.78 is 21.9. The van der Waals surface area contributed by atoms with Gasteiger partial charge < -0.3 is 29.2 Å². The summed E-state index contributed by atoms with van der Waals surface area (Å²) in [4.78, 5) is 26.8. The lowest BCUT2D eigenvalue weighted by Crippen LogP contribution is -2.36. The Balaban J connectivity index is 1.54. The Kier molecular flexibility index (Phi) is 7.64. The van der Waals surface area contributed by atoms with Gasteiger partial charge in [-0.25, -0.2) is 0 Å². The first-order chi connectivity index (χ1) is 17.4. The van der Waals surface area contributed by atoms with E-state index in [1.54, 1.807) is 40.4 Å². The van der Waals surface area contributed by atoms with Crippen LogP contribution in [0, 0.1) is 5.92 Å². The third kappa shape index (κ3) is 4.95. The van der Waals surface area contributed by atoms with E-state index >= 15 is 0 Å². The Morgan fingerprint density at radius 2 is 1.53 bits per heavy atom. The number of amides is 2. The molecule has 0 spiro atoms. The molecule has 4 rings (SSSR count). The molecule has 2 unspecified atom stereocenters. The van der Waals surface area contributed by atoms with Crippen molar-refractivity contribution in [2.45, 2.75) is 12.5 Å². The van der Waals surface area contributed by atoms with Gasteiger partial charge in [0.25, 0.3) is 0 Å². The van der Waals surface area contributed by atoms with E-state index in [1.165, 1.54) is 0 Å². The second-order valence-corrected chi connectivity index (χ2v) is 8.78. The predicted molar refractivity (Wildman–Crippen MR) is 138 cm³/mol. The minimum absolute atomic E-state index is 0.0168. The predicted octanol–water partition coefficient (Wildman–Crippen LogP) is 3.29. The largest absolute Gasteiger partial charge is 0.493 e. The van der Waals surface area contributed by atoms with Gasteiger partial charge in [0.1, 0.15) is 0 Å². The minimum atomic E-state index is -0.353. The molecule has 190 valence electrons. The number of hydrogen-bond donors (Lipinski definition) is 1. The number of nitrogens with zero attached hydrogens (tertiary/aromatic N) is 1. The average molecular weight is 493 g/mol. The molecule has 0 saturated carbocycles. The quantitative estimate of drug-likeness (QED) is 0.519. The second-order valence-electron chi connectivity index (χ2n) is 8.78. The van der Waals surface area contributed by atoms with Crippen LogP contribution in [0.5, 0.6) is 17.2 Å². The standard InChI is InChI=1S/C28H32N2O6/c1-29-28(32)22-15-30(16-25(22)35-4)26(31)11-17-6-7-19-12-20(9-8-18(19)10-17)21-13-23(33-2)27(36-5)24(14-21)34-3/h6-10,12-14,22,25H,11,15-16H2,1-5H3,(H,29,32). The molecule has 1 aliphatic rings. The number of nitrogens with one attached hydrogen (secondary N) is 1. The highest BCUT2D eigenvalue weighted by Crippen LogP contribution is 2.41. The summed E-state index contributed by atoms with van der Waals surface area (Å²) in [6, 6.07) is 16.0. The van der Waals surface area contributed by atoms with Crippen LogP contribution in [0.1, 0.15) is 5.56 Å². The maximum absolute atomic E-state index is 13.0. The van der Waals surface area contributed by atoms with Crippen molar-refractivity contribution in [3.8, 4) is 28.4 Å². The van der Waals surface area contributed by atoms with Crippen molar-refractivity contribution in [3.63, 3.8) is 0 Å². The molecule has 2 amide bonds. The number of hydrogen-bond acceptors (Lipinski definition) is 6. The smallest absolute Gasteiger partial charge is 0.227 e. The molecular weight excluding hydrogens is 460 g/mol. The lowest BCUT2D eigenvalue weighted by Gasteiger charge is -2.16. The second kappa shape index (κ2) is 10.9. The highest BCUT2D eigenvalue weighted by molar-refractivity contribution is 5.90. The van der Waals surface area contributed by atoms with Crippen LogP contribution < -0.4 is 19.5 Å². The number of rotatable bonds is 8. The highest BCUT2D eigenvalue weighted by Gasteiger charge is 2.39. The Labute approximate surface area is 211 Å². The molecule has 0 radical (unpaired) electrons. The summed E-state index contributed by atoms with van der Waals surface area (Å²) in [6.45, 7) is 0.780. The van der Waals surface area contributed by atoms with Gasteiger partial charge in [-0.2, -0.15) is 0 Å². The summed E-state index contributed by atoms with van der Waals surface area (Å²) in [5, 5.41) is 4.75. The Bertz CT molecular complexity index is 1250. The summed E-state index contributed by atoms with van der Waals surface area (Å²) >= 11 is 0. The maximum atomic E-state index is 13.0. The van der Waals surface area contributed by atoms with Gasteiger partial charge in [-0.15, -0.1) is 0 Å². The van der Waals surface area contributed by atoms with Crippen molar-refractivity contribution >= 4 is 22.6 Å². The molecule has 1 fully saturated rings. The fraction of sp³-hybridized carbons (Fsp3) is 0.357. The maximum Gasteiger partial charge on any atom is 0.227 e. The van der Waals surface area contributed by atoms with Crippen LogP contribution in [0.4, 0.5) is 0 Å². The third-order valence-corrected chi connectivity index (χ3v) is 6.76. The van der Waals surface area contributed by atoms with E-state index in [0.717, 1.165) is 27.5 Å². The Morgan fingerprint density at radius 1 is 0.861 bits per heavy atom. The molecule has 3 aromatic rings. The Morgan fingerprint density at radius 3 is 2.14 bits per heavy atom. The van der Waals surface area contributed by atoms with E-state index in [1.807, 2.05) is 42.5 Å². The molecule has 0 aliphatic carbocycles. The van der Waals surface area contributed by atoms with Gasteiger partial charge in [-0.3, -0.25) is 9.59 Å². The van der Waals surface area contributed by atoms with Crippen molar-refractivity contribution in [2.24, 2.45) is 5.92 Å². The van der Waals surface area contributed by atoms with E-state index < -0.39 is 0 Å². The van der Waals surface area contributed by atoms with Crippen LogP contribution in [0.15, 0.2) is 48.5 Å². The molecule has 0 bridgehead atoms. The fourth-order valence-electron chi connectivity index (χ4n) is 4.77. The average Bonchev–Trinajstić information content (AvgIpc) is 3.36. The Hall–Kier alpha value is -3.78. The van der Waals surface area contributed by atoms with Gasteiger partial charge in [0.05, 0.1) is 39.8 Å². The van der Waals surface area contributed by atoms with Gasteiger partial charge >= 0.3 is 0 Å². The summed E-state index contributed by atoms with van der Waals surface area (Å²) in [5.41, 5.74) is 2.87. The van der Waals surface area contributed by atoms with Crippen molar-refractivity contribution in [3.05, 3.63) is 54.1 Å². The zero-order valence-corrected chi connectivity index (χ0v) is 21.3. The zero-order valence-electron chi connectivity index (χ0n) is 21.3.